The number of hydrogen-bond acceptors (Lipinski definition) is 4. The Bertz CT molecular complexity index is 282. The van der Waals surface area contributed by atoms with Crippen LogP contribution in [0.5, 0.6) is 0 Å². The van der Waals surface area contributed by atoms with Gasteiger partial charge in [0.05, 0.1) is 6.54 Å². The van der Waals surface area contributed by atoms with E-state index in [1.807, 2.05) is 0 Å². The fraction of sp³-hybridized carbons (Fsp3) is 0.778. The van der Waals surface area contributed by atoms with Crippen LogP contribution in [0, 0.1) is 5.92 Å². The molecule has 0 saturated heterocycles. The summed E-state index contributed by atoms with van der Waals surface area (Å²) in [4.78, 5) is 0. The van der Waals surface area contributed by atoms with Crippen LogP contribution < -0.4 is 5.73 Å². The summed E-state index contributed by atoms with van der Waals surface area (Å²) in [6.45, 7) is 7.83. The highest BCUT2D eigenvalue weighted by Crippen LogP contribution is 2.19. The second-order valence-corrected chi connectivity index (χ2v) is 4.54. The number of aromatic nitrogens is 3. The summed E-state index contributed by atoms with van der Waals surface area (Å²) in [7, 11) is 0. The van der Waals surface area contributed by atoms with Crippen molar-refractivity contribution in [3.05, 3.63) is 5.82 Å². The molecule has 1 rings (SSSR count). The van der Waals surface area contributed by atoms with Crippen molar-refractivity contribution >= 4 is 11.8 Å². The van der Waals surface area contributed by atoms with Crippen LogP contribution in [-0.4, -0.2) is 20.5 Å². The Morgan fingerprint density at radius 2 is 2.14 bits per heavy atom. The lowest BCUT2D eigenvalue weighted by atomic mass is 10.3. The highest BCUT2D eigenvalue weighted by molar-refractivity contribution is 7.99. The minimum absolute atomic E-state index is 0.461. The standard InChI is InChI=1S/C9H18N4S/c1-4-13-8(5-10)11-12-9(13)14-6-7(2)3/h7H,4-6,10H2,1-3H3. The zero-order chi connectivity index (χ0) is 10.6. The molecule has 0 unspecified atom stereocenters. The molecular formula is C9H18N4S. The van der Waals surface area contributed by atoms with Gasteiger partial charge >= 0.3 is 0 Å². The van der Waals surface area contributed by atoms with Crippen molar-refractivity contribution in [1.82, 2.24) is 14.8 Å². The van der Waals surface area contributed by atoms with E-state index in [0.29, 0.717) is 12.5 Å². The molecule has 0 saturated carbocycles. The second-order valence-electron chi connectivity index (χ2n) is 3.55. The molecule has 0 aliphatic heterocycles. The lowest BCUT2D eigenvalue weighted by Crippen LogP contribution is -2.08. The van der Waals surface area contributed by atoms with Crippen LogP contribution >= 0.6 is 11.8 Å². The SMILES string of the molecule is CCn1c(CN)nnc1SCC(C)C. The molecule has 0 spiro atoms. The number of nitrogens with two attached hydrogens (primary N) is 1. The topological polar surface area (TPSA) is 56.7 Å². The Hall–Kier alpha value is -0.550. The molecule has 0 aliphatic rings. The molecule has 1 aromatic rings. The first-order valence-corrected chi connectivity index (χ1v) is 5.92. The summed E-state index contributed by atoms with van der Waals surface area (Å²) in [5, 5.41) is 9.16. The van der Waals surface area contributed by atoms with Crippen molar-refractivity contribution in [2.45, 2.75) is 39.0 Å². The Kier molecular flexibility index (Phi) is 4.41. The summed E-state index contributed by atoms with van der Waals surface area (Å²) >= 11 is 1.75. The zero-order valence-corrected chi connectivity index (χ0v) is 9.84. The van der Waals surface area contributed by atoms with Gasteiger partial charge in [0.2, 0.25) is 0 Å². The minimum Gasteiger partial charge on any atom is -0.324 e. The van der Waals surface area contributed by atoms with Gasteiger partial charge < -0.3 is 10.3 Å². The third-order valence-corrected chi connectivity index (χ3v) is 3.23. The summed E-state index contributed by atoms with van der Waals surface area (Å²) in [5.41, 5.74) is 5.56. The van der Waals surface area contributed by atoms with Crippen molar-refractivity contribution in [3.63, 3.8) is 0 Å². The molecule has 1 heterocycles. The molecule has 4 nitrogen and oxygen atoms in total. The molecule has 2 N–H and O–H groups in total. The van der Waals surface area contributed by atoms with E-state index in [4.69, 9.17) is 5.73 Å². The maximum absolute atomic E-state index is 5.56. The van der Waals surface area contributed by atoms with Crippen LogP contribution in [0.2, 0.25) is 0 Å². The van der Waals surface area contributed by atoms with Gasteiger partial charge in [-0.1, -0.05) is 25.6 Å². The number of nitrogens with zero attached hydrogens (tertiary/aromatic N) is 3. The zero-order valence-electron chi connectivity index (χ0n) is 9.03. The highest BCUT2D eigenvalue weighted by atomic mass is 32.2. The third kappa shape index (κ3) is 2.72. The Labute approximate surface area is 89.3 Å². The molecular weight excluding hydrogens is 196 g/mol. The normalized spacial score (nSPS) is 11.2. The number of thioether (sulfide) groups is 1. The van der Waals surface area contributed by atoms with Crippen LogP contribution in [0.3, 0.4) is 0 Å². The van der Waals surface area contributed by atoms with E-state index in [9.17, 15) is 0 Å². The monoisotopic (exact) mass is 214 g/mol. The maximum atomic E-state index is 5.56. The second kappa shape index (κ2) is 5.36. The molecule has 1 aromatic heterocycles. The van der Waals surface area contributed by atoms with Crippen molar-refractivity contribution in [2.75, 3.05) is 5.75 Å². The van der Waals surface area contributed by atoms with E-state index >= 15 is 0 Å². The van der Waals surface area contributed by atoms with Gasteiger partial charge in [-0.3, -0.25) is 0 Å². The van der Waals surface area contributed by atoms with Crippen LogP contribution in [0.25, 0.3) is 0 Å². The Morgan fingerprint density at radius 3 is 2.64 bits per heavy atom. The van der Waals surface area contributed by atoms with E-state index < -0.39 is 0 Å². The van der Waals surface area contributed by atoms with Gasteiger partial charge in [-0.05, 0) is 12.8 Å². The number of hydrogen-bond donors (Lipinski definition) is 1. The predicted molar refractivity (Wildman–Crippen MR) is 59.1 cm³/mol. The van der Waals surface area contributed by atoms with E-state index in [2.05, 4.69) is 35.5 Å². The molecule has 14 heavy (non-hydrogen) atoms. The van der Waals surface area contributed by atoms with Crippen LogP contribution in [0.15, 0.2) is 5.16 Å². The van der Waals surface area contributed by atoms with Crippen molar-refractivity contribution < 1.29 is 0 Å². The molecule has 0 fully saturated rings. The van der Waals surface area contributed by atoms with Crippen molar-refractivity contribution in [2.24, 2.45) is 11.7 Å². The molecule has 0 atom stereocenters. The molecule has 0 bridgehead atoms. The lowest BCUT2D eigenvalue weighted by Gasteiger charge is -2.06. The van der Waals surface area contributed by atoms with E-state index in [1.165, 1.54) is 0 Å². The third-order valence-electron chi connectivity index (χ3n) is 1.84. The highest BCUT2D eigenvalue weighted by Gasteiger charge is 2.09. The molecule has 0 aliphatic carbocycles. The largest absolute Gasteiger partial charge is 0.324 e. The van der Waals surface area contributed by atoms with Crippen LogP contribution in [0.1, 0.15) is 26.6 Å². The summed E-state index contributed by atoms with van der Waals surface area (Å²) in [5.74, 6) is 2.62. The molecule has 0 radical (unpaired) electrons. The van der Waals surface area contributed by atoms with Gasteiger partial charge in [-0.15, -0.1) is 10.2 Å². The fourth-order valence-corrected chi connectivity index (χ4v) is 2.11. The van der Waals surface area contributed by atoms with E-state index in [0.717, 1.165) is 23.3 Å². The molecule has 0 aromatic carbocycles. The maximum Gasteiger partial charge on any atom is 0.191 e. The van der Waals surface area contributed by atoms with Crippen LogP contribution in [0.4, 0.5) is 0 Å². The number of rotatable bonds is 5. The van der Waals surface area contributed by atoms with E-state index in [1.54, 1.807) is 11.8 Å². The summed E-state index contributed by atoms with van der Waals surface area (Å²) in [6, 6.07) is 0. The van der Waals surface area contributed by atoms with Gasteiger partial charge in [0.15, 0.2) is 5.16 Å². The fourth-order valence-electron chi connectivity index (χ4n) is 1.14. The summed E-state index contributed by atoms with van der Waals surface area (Å²) < 4.78 is 2.08. The Morgan fingerprint density at radius 1 is 1.43 bits per heavy atom. The van der Waals surface area contributed by atoms with E-state index in [-0.39, 0.29) is 0 Å². The Balaban J connectivity index is 2.71. The lowest BCUT2D eigenvalue weighted by molar-refractivity contribution is 0.640. The van der Waals surface area contributed by atoms with Crippen molar-refractivity contribution in [3.8, 4) is 0 Å². The minimum atomic E-state index is 0.461. The van der Waals surface area contributed by atoms with Crippen molar-refractivity contribution in [1.29, 1.82) is 0 Å². The summed E-state index contributed by atoms with van der Waals surface area (Å²) in [6.07, 6.45) is 0. The first-order chi connectivity index (χ1) is 6.69. The van der Waals surface area contributed by atoms with Gasteiger partial charge in [0.1, 0.15) is 5.82 Å². The van der Waals surface area contributed by atoms with Gasteiger partial charge in [0, 0.05) is 12.3 Å². The smallest absolute Gasteiger partial charge is 0.191 e. The van der Waals surface area contributed by atoms with Gasteiger partial charge in [-0.25, -0.2) is 0 Å². The first kappa shape index (κ1) is 11.5. The molecule has 0 amide bonds. The molecule has 5 heteroatoms. The predicted octanol–water partition coefficient (Wildman–Crippen LogP) is 1.50. The average molecular weight is 214 g/mol. The van der Waals surface area contributed by atoms with Gasteiger partial charge in [-0.2, -0.15) is 0 Å². The average Bonchev–Trinajstić information content (AvgIpc) is 2.56. The quantitative estimate of drug-likeness (QED) is 0.755. The molecule has 80 valence electrons. The van der Waals surface area contributed by atoms with Gasteiger partial charge in [0.25, 0.3) is 0 Å². The first-order valence-electron chi connectivity index (χ1n) is 4.94. The van der Waals surface area contributed by atoms with Crippen LogP contribution in [-0.2, 0) is 13.1 Å².